The molecule has 0 aliphatic carbocycles. The van der Waals surface area contributed by atoms with Gasteiger partial charge in [0.2, 0.25) is 5.91 Å². The van der Waals surface area contributed by atoms with Gasteiger partial charge >= 0.3 is 0 Å². The van der Waals surface area contributed by atoms with E-state index in [2.05, 4.69) is 10.2 Å². The topological polar surface area (TPSA) is 65.8 Å². The number of carbonyl (C=O) groups is 2. The minimum Gasteiger partial charge on any atom is -0.467 e. The minimum absolute atomic E-state index is 0.0411. The van der Waals surface area contributed by atoms with Crippen LogP contribution in [0, 0.1) is 0 Å². The number of rotatable bonds is 8. The molecule has 0 radical (unpaired) electrons. The average molecular weight is 414 g/mol. The Morgan fingerprint density at radius 2 is 1.97 bits per heavy atom. The van der Waals surface area contributed by atoms with Gasteiger partial charge in [0.15, 0.2) is 0 Å². The fourth-order valence-electron chi connectivity index (χ4n) is 3.88. The van der Waals surface area contributed by atoms with Gasteiger partial charge in [0, 0.05) is 12.1 Å². The van der Waals surface area contributed by atoms with Crippen molar-refractivity contribution in [3.05, 3.63) is 59.5 Å². The second-order valence-corrected chi connectivity index (χ2v) is 8.61. The van der Waals surface area contributed by atoms with E-state index in [1.807, 2.05) is 41.3 Å². The summed E-state index contributed by atoms with van der Waals surface area (Å²) < 4.78 is 5.40. The predicted octanol–water partition coefficient (Wildman–Crippen LogP) is 3.27. The number of thioether (sulfide) groups is 1. The lowest BCUT2D eigenvalue weighted by Crippen LogP contribution is -2.29. The van der Waals surface area contributed by atoms with Crippen LogP contribution >= 0.6 is 11.8 Å². The highest BCUT2D eigenvalue weighted by molar-refractivity contribution is 8.00. The number of hydrogen-bond acceptors (Lipinski definition) is 5. The van der Waals surface area contributed by atoms with Crippen molar-refractivity contribution in [2.45, 2.75) is 31.2 Å². The maximum Gasteiger partial charge on any atom is 0.251 e. The summed E-state index contributed by atoms with van der Waals surface area (Å²) in [6, 6.07) is 11.3. The van der Waals surface area contributed by atoms with Crippen molar-refractivity contribution < 1.29 is 14.0 Å². The quantitative estimate of drug-likeness (QED) is 0.673. The second-order valence-electron chi connectivity index (χ2n) is 7.54. The number of benzene rings is 1. The lowest BCUT2D eigenvalue weighted by atomic mass is 10.1. The van der Waals surface area contributed by atoms with Crippen LogP contribution in [-0.4, -0.2) is 53.5 Å². The van der Waals surface area contributed by atoms with Crippen LogP contribution < -0.4 is 5.32 Å². The fourth-order valence-corrected chi connectivity index (χ4v) is 5.07. The van der Waals surface area contributed by atoms with Crippen molar-refractivity contribution in [1.82, 2.24) is 15.1 Å². The van der Waals surface area contributed by atoms with Gasteiger partial charge in [0.05, 0.1) is 18.6 Å². The number of likely N-dealkylation sites (tertiary alicyclic amines) is 1. The molecule has 1 aromatic heterocycles. The summed E-state index contributed by atoms with van der Waals surface area (Å²) in [5, 5.41) is 2.96. The number of nitrogens with one attached hydrogen (secondary N) is 1. The highest BCUT2D eigenvalue weighted by Crippen LogP contribution is 2.39. The third kappa shape index (κ3) is 5.03. The molecular weight excluding hydrogens is 386 g/mol. The van der Waals surface area contributed by atoms with Crippen molar-refractivity contribution in [1.29, 1.82) is 0 Å². The summed E-state index contributed by atoms with van der Waals surface area (Å²) in [5.74, 6) is 1.30. The van der Waals surface area contributed by atoms with E-state index in [-0.39, 0.29) is 17.2 Å². The van der Waals surface area contributed by atoms with Crippen molar-refractivity contribution in [2.75, 3.05) is 31.9 Å². The zero-order valence-corrected chi connectivity index (χ0v) is 17.3. The smallest absolute Gasteiger partial charge is 0.251 e. The molecule has 3 heterocycles. The van der Waals surface area contributed by atoms with Crippen LogP contribution in [0.1, 0.15) is 46.3 Å². The summed E-state index contributed by atoms with van der Waals surface area (Å²) in [7, 11) is 0. The molecule has 29 heavy (non-hydrogen) atoms. The highest BCUT2D eigenvalue weighted by Gasteiger charge is 2.33. The normalized spacial score (nSPS) is 19.8. The maximum absolute atomic E-state index is 12.4. The Bertz CT molecular complexity index is 816. The van der Waals surface area contributed by atoms with E-state index < -0.39 is 0 Å². The van der Waals surface area contributed by atoms with Crippen LogP contribution in [0.25, 0.3) is 0 Å². The molecule has 2 aliphatic rings. The molecule has 4 rings (SSSR count). The number of amides is 2. The average Bonchev–Trinajstić information content (AvgIpc) is 3.50. The minimum atomic E-state index is -0.0508. The zero-order chi connectivity index (χ0) is 20.1. The van der Waals surface area contributed by atoms with Gasteiger partial charge in [0.25, 0.3) is 5.91 Å². The molecule has 2 aliphatic heterocycles. The second kappa shape index (κ2) is 9.50. The zero-order valence-electron chi connectivity index (χ0n) is 16.5. The van der Waals surface area contributed by atoms with E-state index in [0.29, 0.717) is 24.4 Å². The molecule has 0 spiro atoms. The molecular formula is C22H27N3O3S. The molecule has 0 unspecified atom stereocenters. The molecule has 1 aromatic carbocycles. The van der Waals surface area contributed by atoms with Crippen LogP contribution in [0.4, 0.5) is 0 Å². The standard InChI is InChI=1S/C22H27N3O3S/c26-20-16-29-22(25(20)15-19-5-3-14-28-19)18-8-6-17(7-9-18)21(27)23-10-4-13-24-11-1-2-12-24/h3,5-9,14,22H,1-2,4,10-13,15-16H2,(H,23,27)/t22-/m0/s1. The molecule has 2 fully saturated rings. The molecule has 1 atom stereocenters. The monoisotopic (exact) mass is 413 g/mol. The largest absolute Gasteiger partial charge is 0.467 e. The first-order valence-electron chi connectivity index (χ1n) is 10.2. The van der Waals surface area contributed by atoms with Crippen LogP contribution in [0.2, 0.25) is 0 Å². The lowest BCUT2D eigenvalue weighted by molar-refractivity contribution is -0.128. The fraction of sp³-hybridized carbons (Fsp3) is 0.455. The van der Waals surface area contributed by atoms with Gasteiger partial charge in [-0.3, -0.25) is 9.59 Å². The number of carbonyl (C=O) groups excluding carboxylic acids is 2. The van der Waals surface area contributed by atoms with Crippen LogP contribution in [-0.2, 0) is 11.3 Å². The third-order valence-electron chi connectivity index (χ3n) is 5.47. The Hall–Kier alpha value is -2.25. The van der Waals surface area contributed by atoms with Gasteiger partial charge in [-0.05, 0) is 68.7 Å². The third-order valence-corrected chi connectivity index (χ3v) is 6.72. The molecule has 0 saturated carbocycles. The number of hydrogen-bond donors (Lipinski definition) is 1. The van der Waals surface area contributed by atoms with E-state index in [9.17, 15) is 9.59 Å². The van der Waals surface area contributed by atoms with Gasteiger partial charge in [-0.15, -0.1) is 11.8 Å². The molecule has 7 heteroatoms. The van der Waals surface area contributed by atoms with E-state index in [4.69, 9.17) is 4.42 Å². The Morgan fingerprint density at radius 1 is 1.17 bits per heavy atom. The van der Waals surface area contributed by atoms with E-state index in [0.717, 1.165) is 24.3 Å². The van der Waals surface area contributed by atoms with E-state index in [1.165, 1.54) is 25.9 Å². The van der Waals surface area contributed by atoms with E-state index >= 15 is 0 Å². The van der Waals surface area contributed by atoms with E-state index in [1.54, 1.807) is 18.0 Å². The summed E-state index contributed by atoms with van der Waals surface area (Å²) in [4.78, 5) is 29.0. The molecule has 1 N–H and O–H groups in total. The Labute approximate surface area is 175 Å². The predicted molar refractivity (Wildman–Crippen MR) is 114 cm³/mol. The molecule has 2 amide bonds. The van der Waals surface area contributed by atoms with Crippen LogP contribution in [0.3, 0.4) is 0 Å². The molecule has 0 bridgehead atoms. The van der Waals surface area contributed by atoms with Crippen LogP contribution in [0.15, 0.2) is 47.1 Å². The first-order valence-corrected chi connectivity index (χ1v) is 11.3. The highest BCUT2D eigenvalue weighted by atomic mass is 32.2. The van der Waals surface area contributed by atoms with Gasteiger partial charge in [-0.25, -0.2) is 0 Å². The van der Waals surface area contributed by atoms with Crippen molar-refractivity contribution in [2.24, 2.45) is 0 Å². The van der Waals surface area contributed by atoms with Gasteiger partial charge in [0.1, 0.15) is 11.1 Å². The van der Waals surface area contributed by atoms with Crippen LogP contribution in [0.5, 0.6) is 0 Å². The molecule has 2 aromatic rings. The SMILES string of the molecule is O=C(NCCCN1CCCC1)c1ccc([C@@H]2SCC(=O)N2Cc2ccco2)cc1. The number of nitrogens with zero attached hydrogens (tertiary/aromatic N) is 2. The number of furan rings is 1. The Kier molecular flexibility index (Phi) is 6.56. The Balaban J connectivity index is 1.30. The lowest BCUT2D eigenvalue weighted by Gasteiger charge is -2.23. The summed E-state index contributed by atoms with van der Waals surface area (Å²) >= 11 is 1.61. The summed E-state index contributed by atoms with van der Waals surface area (Å²) in [5.41, 5.74) is 1.68. The van der Waals surface area contributed by atoms with Crippen molar-refractivity contribution in [3.8, 4) is 0 Å². The first-order chi connectivity index (χ1) is 14.2. The van der Waals surface area contributed by atoms with Crippen molar-refractivity contribution in [3.63, 3.8) is 0 Å². The molecule has 2 saturated heterocycles. The van der Waals surface area contributed by atoms with Gasteiger partial charge in [-0.2, -0.15) is 0 Å². The molecule has 154 valence electrons. The van der Waals surface area contributed by atoms with Crippen molar-refractivity contribution >= 4 is 23.6 Å². The summed E-state index contributed by atoms with van der Waals surface area (Å²) in [6.45, 7) is 4.59. The Morgan fingerprint density at radius 3 is 2.69 bits per heavy atom. The van der Waals surface area contributed by atoms with Gasteiger partial charge < -0.3 is 19.5 Å². The van der Waals surface area contributed by atoms with Gasteiger partial charge in [-0.1, -0.05) is 12.1 Å². The first kappa shape index (κ1) is 20.0. The maximum atomic E-state index is 12.4. The summed E-state index contributed by atoms with van der Waals surface area (Å²) in [6.07, 6.45) is 5.19. The molecule has 6 nitrogen and oxygen atoms in total.